The van der Waals surface area contributed by atoms with E-state index in [0.717, 1.165) is 53.8 Å². The lowest BCUT2D eigenvalue weighted by Crippen LogP contribution is -2.24. The topological polar surface area (TPSA) is 109 Å². The molecule has 1 amide bonds. The van der Waals surface area contributed by atoms with Crippen LogP contribution in [0.4, 0.5) is 4.39 Å². The average molecular weight is 511 g/mol. The number of pyridine rings is 1. The van der Waals surface area contributed by atoms with E-state index in [1.54, 1.807) is 0 Å². The Hall–Kier alpha value is -4.55. The summed E-state index contributed by atoms with van der Waals surface area (Å²) in [6, 6.07) is 8.80. The van der Waals surface area contributed by atoms with Gasteiger partial charge >= 0.3 is 0 Å². The highest BCUT2D eigenvalue weighted by Gasteiger charge is 2.13. The van der Waals surface area contributed by atoms with Crippen LogP contribution >= 0.6 is 0 Å². The van der Waals surface area contributed by atoms with Crippen LogP contribution in [0.5, 0.6) is 0 Å². The molecule has 5 rings (SSSR count). The minimum atomic E-state index is -0.470. The molecule has 1 aliphatic carbocycles. The number of benzene rings is 1. The third-order valence-electron chi connectivity index (χ3n) is 5.97. The molecule has 0 unspecified atom stereocenters. The fraction of sp³-hybridized carbons (Fsp3) is 0.241. The van der Waals surface area contributed by atoms with Gasteiger partial charge in [-0.3, -0.25) is 9.78 Å². The van der Waals surface area contributed by atoms with Gasteiger partial charge in [0, 0.05) is 43.3 Å². The fourth-order valence-electron chi connectivity index (χ4n) is 3.97. The molecule has 3 heterocycles. The van der Waals surface area contributed by atoms with Crippen LogP contribution in [0.3, 0.4) is 0 Å². The second kappa shape index (κ2) is 12.1. The number of carbonyl (C=O) groups excluding carboxylic acids is 1. The van der Waals surface area contributed by atoms with Crippen LogP contribution in [0.25, 0.3) is 11.0 Å². The van der Waals surface area contributed by atoms with Gasteiger partial charge in [0.25, 0.3) is 5.91 Å². The Kier molecular flexibility index (Phi) is 8.01. The van der Waals surface area contributed by atoms with Gasteiger partial charge in [0.2, 0.25) is 0 Å². The molecule has 1 aliphatic rings. The highest BCUT2D eigenvalue weighted by Crippen LogP contribution is 2.14. The number of fused-ring (bicyclic) bond motifs is 1. The number of amides is 1. The van der Waals surface area contributed by atoms with E-state index in [9.17, 15) is 9.18 Å². The second-order valence-corrected chi connectivity index (χ2v) is 8.80. The summed E-state index contributed by atoms with van der Waals surface area (Å²) >= 11 is 0. The first-order chi connectivity index (χ1) is 18.6. The van der Waals surface area contributed by atoms with Crippen molar-refractivity contribution in [1.29, 1.82) is 0 Å². The number of allylic oxidation sites excluding steroid dienone is 4. The van der Waals surface area contributed by atoms with Crippen LogP contribution in [0.15, 0.2) is 71.0 Å². The maximum atomic E-state index is 13.6. The molecule has 0 bridgehead atoms. The lowest BCUT2D eigenvalue weighted by atomic mass is 10.1. The van der Waals surface area contributed by atoms with E-state index in [2.05, 4.69) is 60.6 Å². The number of hydrogen-bond acceptors (Lipinski definition) is 6. The molecule has 0 atom stereocenters. The first kappa shape index (κ1) is 25.1. The van der Waals surface area contributed by atoms with Crippen LogP contribution in [-0.4, -0.2) is 38.9 Å². The molecule has 3 N–H and O–H groups in total. The number of halogens is 1. The van der Waals surface area contributed by atoms with Gasteiger partial charge in [0.1, 0.15) is 17.9 Å². The van der Waals surface area contributed by atoms with Gasteiger partial charge in [0.15, 0.2) is 11.6 Å². The molecular weight excluding hydrogens is 483 g/mol. The number of H-pyrrole nitrogens is 1. The number of aromatic amines is 1. The summed E-state index contributed by atoms with van der Waals surface area (Å²) in [4.78, 5) is 28.4. The summed E-state index contributed by atoms with van der Waals surface area (Å²) < 4.78 is 19.0. The van der Waals surface area contributed by atoms with E-state index in [4.69, 9.17) is 4.42 Å². The van der Waals surface area contributed by atoms with E-state index >= 15 is 0 Å². The summed E-state index contributed by atoms with van der Waals surface area (Å²) in [6.45, 7) is 1.32. The van der Waals surface area contributed by atoms with E-state index in [0.29, 0.717) is 18.9 Å². The Bertz CT molecular complexity index is 1560. The van der Waals surface area contributed by atoms with Gasteiger partial charge in [-0.1, -0.05) is 30.1 Å². The van der Waals surface area contributed by atoms with Crippen molar-refractivity contribution in [3.8, 4) is 11.8 Å². The van der Waals surface area contributed by atoms with Gasteiger partial charge in [-0.15, -0.1) is 0 Å². The Balaban J connectivity index is 1.05. The predicted octanol–water partition coefficient (Wildman–Crippen LogP) is 4.02. The quantitative estimate of drug-likeness (QED) is 0.232. The number of carbonyl (C=O) groups is 1. The van der Waals surface area contributed by atoms with Crippen molar-refractivity contribution in [2.24, 2.45) is 0 Å². The van der Waals surface area contributed by atoms with Crippen LogP contribution in [0.1, 0.15) is 46.3 Å². The molecule has 4 aromatic rings. The fourth-order valence-corrected chi connectivity index (χ4v) is 3.97. The standard InChI is InChI=1S/C29H27FN6O2/c30-22-7-4-14-32-25(22)18-33-29(37)26-19-38-28(36-26)13-16-31-15-12-27-34-23-11-10-21(17-24(23)35-27)9-8-20-5-2-1-3-6-20/h2,4-7,10-11,14,17,19,31H,1,3,12-13,15-16,18H2,(H,33,37)(H,34,35). The molecule has 0 radical (unpaired) electrons. The maximum absolute atomic E-state index is 13.6. The molecule has 192 valence electrons. The SMILES string of the molecule is O=C(NCc1ncccc1F)c1coc(CCNCCc2nc3ccc(C#CC4=CCCC=C4)cc3[nH]2)n1. The first-order valence-corrected chi connectivity index (χ1v) is 12.5. The maximum Gasteiger partial charge on any atom is 0.273 e. The van der Waals surface area contributed by atoms with Gasteiger partial charge in [-0.2, -0.15) is 0 Å². The van der Waals surface area contributed by atoms with Gasteiger partial charge < -0.3 is 20.0 Å². The molecule has 0 saturated carbocycles. The first-order valence-electron chi connectivity index (χ1n) is 12.5. The van der Waals surface area contributed by atoms with Gasteiger partial charge in [-0.05, 0) is 43.2 Å². The Labute approximate surface area is 219 Å². The molecular formula is C29H27FN6O2. The van der Waals surface area contributed by atoms with E-state index in [1.807, 2.05) is 18.2 Å². The zero-order valence-electron chi connectivity index (χ0n) is 20.8. The molecule has 0 saturated heterocycles. The van der Waals surface area contributed by atoms with Crippen LogP contribution < -0.4 is 10.6 Å². The molecule has 1 aromatic carbocycles. The van der Waals surface area contributed by atoms with Gasteiger partial charge in [0.05, 0.1) is 23.3 Å². The van der Waals surface area contributed by atoms with Crippen LogP contribution in [0.2, 0.25) is 0 Å². The second-order valence-electron chi connectivity index (χ2n) is 8.80. The van der Waals surface area contributed by atoms with Crippen LogP contribution in [0, 0.1) is 17.7 Å². The molecule has 3 aromatic heterocycles. The lowest BCUT2D eigenvalue weighted by molar-refractivity contribution is 0.0945. The Morgan fingerprint density at radius 2 is 2.05 bits per heavy atom. The van der Waals surface area contributed by atoms with Gasteiger partial charge in [-0.25, -0.2) is 14.4 Å². The molecule has 0 fully saturated rings. The molecule has 38 heavy (non-hydrogen) atoms. The Morgan fingerprint density at radius 1 is 1.13 bits per heavy atom. The number of nitrogens with zero attached hydrogens (tertiary/aromatic N) is 3. The van der Waals surface area contributed by atoms with Crippen molar-refractivity contribution in [2.75, 3.05) is 13.1 Å². The normalized spacial score (nSPS) is 12.7. The van der Waals surface area contributed by atoms with E-state index in [-0.39, 0.29) is 17.9 Å². The summed E-state index contributed by atoms with van der Waals surface area (Å²) in [7, 11) is 0. The van der Waals surface area contributed by atoms with Crippen molar-refractivity contribution in [3.63, 3.8) is 0 Å². The lowest BCUT2D eigenvalue weighted by Gasteiger charge is -2.03. The monoisotopic (exact) mass is 510 g/mol. The minimum Gasteiger partial charge on any atom is -0.448 e. The van der Waals surface area contributed by atoms with E-state index < -0.39 is 11.7 Å². The summed E-state index contributed by atoms with van der Waals surface area (Å²) in [6.07, 6.45) is 12.5. The number of imidazole rings is 1. The molecule has 9 heteroatoms. The van der Waals surface area contributed by atoms with Crippen molar-refractivity contribution < 1.29 is 13.6 Å². The van der Waals surface area contributed by atoms with Crippen LogP contribution in [-0.2, 0) is 19.4 Å². The number of nitrogens with one attached hydrogen (secondary N) is 3. The third kappa shape index (κ3) is 6.60. The Morgan fingerprint density at radius 3 is 2.92 bits per heavy atom. The molecule has 8 nitrogen and oxygen atoms in total. The third-order valence-corrected chi connectivity index (χ3v) is 5.97. The highest BCUT2D eigenvalue weighted by atomic mass is 19.1. The summed E-state index contributed by atoms with van der Waals surface area (Å²) in [5, 5.41) is 5.94. The number of aromatic nitrogens is 4. The summed E-state index contributed by atoms with van der Waals surface area (Å²) in [5.74, 6) is 6.88. The number of oxazole rings is 1. The zero-order chi connectivity index (χ0) is 26.2. The average Bonchev–Trinajstić information content (AvgIpc) is 3.58. The van der Waals surface area contributed by atoms with Crippen molar-refractivity contribution in [3.05, 3.63) is 101 Å². The van der Waals surface area contributed by atoms with Crippen molar-refractivity contribution >= 4 is 16.9 Å². The minimum absolute atomic E-state index is 0.0262. The largest absolute Gasteiger partial charge is 0.448 e. The highest BCUT2D eigenvalue weighted by molar-refractivity contribution is 5.91. The predicted molar refractivity (Wildman–Crippen MR) is 142 cm³/mol. The summed E-state index contributed by atoms with van der Waals surface area (Å²) in [5.41, 5.74) is 4.21. The molecule has 0 aliphatic heterocycles. The van der Waals surface area contributed by atoms with E-state index in [1.165, 1.54) is 24.6 Å². The smallest absolute Gasteiger partial charge is 0.273 e. The molecule has 0 spiro atoms. The zero-order valence-corrected chi connectivity index (χ0v) is 20.8. The van der Waals surface area contributed by atoms with Crippen molar-refractivity contribution in [1.82, 2.24) is 30.6 Å². The van der Waals surface area contributed by atoms with Crippen molar-refractivity contribution in [2.45, 2.75) is 32.2 Å². The number of hydrogen-bond donors (Lipinski definition) is 3. The number of rotatable bonds is 9.